The van der Waals surface area contributed by atoms with E-state index >= 15 is 0 Å². The van der Waals surface area contributed by atoms with E-state index in [9.17, 15) is 9.59 Å². The molecule has 0 radical (unpaired) electrons. The van der Waals surface area contributed by atoms with E-state index < -0.39 is 24.0 Å². The fourth-order valence-corrected chi connectivity index (χ4v) is 1.88. The Hall–Kier alpha value is -2.52. The summed E-state index contributed by atoms with van der Waals surface area (Å²) in [4.78, 5) is 22.7. The zero-order valence-electron chi connectivity index (χ0n) is 11.8. The van der Waals surface area contributed by atoms with Gasteiger partial charge in [-0.05, 0) is 31.4 Å². The molecule has 0 spiro atoms. The second-order valence-electron chi connectivity index (χ2n) is 4.85. The molecule has 2 atom stereocenters. The molecule has 2 heterocycles. The summed E-state index contributed by atoms with van der Waals surface area (Å²) in [7, 11) is 0. The van der Waals surface area contributed by atoms with Crippen LogP contribution in [-0.4, -0.2) is 44.1 Å². The highest BCUT2D eigenvalue weighted by molar-refractivity contribution is 5.83. The standard InChI is InChI=1S/C13H17N5O4/c14-8(3-1-4-9(15)13(20)21)12(19)18-7-10(16-17-18)11-5-2-6-22-11/h2,5-9H,1,3-4,14-15H2,(H,20,21)/t8?,9-/m0/s1. The molecule has 2 aromatic rings. The first-order chi connectivity index (χ1) is 10.5. The molecule has 5 N–H and O–H groups in total. The third-order valence-electron chi connectivity index (χ3n) is 3.16. The molecule has 1 unspecified atom stereocenters. The first kappa shape index (κ1) is 15.9. The molecule has 9 nitrogen and oxygen atoms in total. The van der Waals surface area contributed by atoms with Crippen LogP contribution < -0.4 is 11.5 Å². The minimum atomic E-state index is -1.07. The minimum Gasteiger partial charge on any atom is -0.480 e. The molecule has 0 saturated carbocycles. The monoisotopic (exact) mass is 307 g/mol. The van der Waals surface area contributed by atoms with E-state index in [1.165, 1.54) is 12.5 Å². The molecule has 0 amide bonds. The second-order valence-corrected chi connectivity index (χ2v) is 4.85. The fraction of sp³-hybridized carbons (Fsp3) is 0.385. The topological polar surface area (TPSA) is 150 Å². The normalized spacial score (nSPS) is 13.7. The molecular formula is C13H17N5O4. The van der Waals surface area contributed by atoms with Gasteiger partial charge < -0.3 is 21.0 Å². The van der Waals surface area contributed by atoms with E-state index in [2.05, 4.69) is 10.3 Å². The van der Waals surface area contributed by atoms with Crippen molar-refractivity contribution in [2.45, 2.75) is 31.3 Å². The van der Waals surface area contributed by atoms with Crippen LogP contribution in [0.4, 0.5) is 0 Å². The smallest absolute Gasteiger partial charge is 0.320 e. The molecule has 0 saturated heterocycles. The summed E-state index contributed by atoms with van der Waals surface area (Å²) in [6.07, 6.45) is 3.93. The van der Waals surface area contributed by atoms with Gasteiger partial charge in [0, 0.05) is 0 Å². The zero-order valence-corrected chi connectivity index (χ0v) is 11.8. The van der Waals surface area contributed by atoms with Crippen molar-refractivity contribution in [3.63, 3.8) is 0 Å². The fourth-order valence-electron chi connectivity index (χ4n) is 1.88. The molecule has 0 aliphatic carbocycles. The molecule has 118 valence electrons. The number of hydrogen-bond donors (Lipinski definition) is 3. The molecule has 9 heteroatoms. The van der Waals surface area contributed by atoms with Crippen molar-refractivity contribution in [3.05, 3.63) is 24.6 Å². The van der Waals surface area contributed by atoms with E-state index in [1.54, 1.807) is 12.1 Å². The van der Waals surface area contributed by atoms with Crippen LogP contribution in [0.25, 0.3) is 11.5 Å². The van der Waals surface area contributed by atoms with E-state index in [0.29, 0.717) is 24.3 Å². The van der Waals surface area contributed by atoms with Crippen molar-refractivity contribution in [2.75, 3.05) is 0 Å². The maximum atomic E-state index is 12.1. The highest BCUT2D eigenvalue weighted by atomic mass is 16.4. The molecule has 0 aromatic carbocycles. The number of aromatic nitrogens is 3. The summed E-state index contributed by atoms with van der Waals surface area (Å²) in [6.45, 7) is 0. The lowest BCUT2D eigenvalue weighted by molar-refractivity contribution is -0.138. The van der Waals surface area contributed by atoms with Crippen LogP contribution in [0.1, 0.15) is 24.1 Å². The van der Waals surface area contributed by atoms with Gasteiger partial charge in [0.15, 0.2) is 5.76 Å². The van der Waals surface area contributed by atoms with Gasteiger partial charge in [0.1, 0.15) is 11.7 Å². The SMILES string of the molecule is NC(CCC[C@H](N)C(=O)O)C(=O)n1cc(-c2ccco2)nn1. The highest BCUT2D eigenvalue weighted by Crippen LogP contribution is 2.16. The number of nitrogens with zero attached hydrogens (tertiary/aromatic N) is 3. The van der Waals surface area contributed by atoms with Gasteiger partial charge >= 0.3 is 5.97 Å². The van der Waals surface area contributed by atoms with E-state index in [-0.39, 0.29) is 6.42 Å². The molecule has 0 fully saturated rings. The van der Waals surface area contributed by atoms with Crippen molar-refractivity contribution in [2.24, 2.45) is 11.5 Å². The van der Waals surface area contributed by atoms with E-state index in [4.69, 9.17) is 21.0 Å². The number of carbonyl (C=O) groups is 2. The molecule has 2 rings (SSSR count). The van der Waals surface area contributed by atoms with E-state index in [1.807, 2.05) is 0 Å². The average molecular weight is 307 g/mol. The predicted octanol–water partition coefficient (Wildman–Crippen LogP) is 0.0878. The Morgan fingerprint density at radius 1 is 1.32 bits per heavy atom. The second kappa shape index (κ2) is 6.96. The molecule has 0 bridgehead atoms. The van der Waals surface area contributed by atoms with Gasteiger partial charge in [0.25, 0.3) is 5.91 Å². The van der Waals surface area contributed by atoms with Crippen molar-refractivity contribution in [1.82, 2.24) is 15.0 Å². The summed E-state index contributed by atoms with van der Waals surface area (Å²) >= 11 is 0. The minimum absolute atomic E-state index is 0.255. The molecule has 0 aliphatic heterocycles. The third kappa shape index (κ3) is 3.77. The van der Waals surface area contributed by atoms with Crippen molar-refractivity contribution in [1.29, 1.82) is 0 Å². The number of nitrogens with two attached hydrogens (primary N) is 2. The summed E-state index contributed by atoms with van der Waals surface area (Å²) in [5.74, 6) is -0.992. The molecule has 0 aliphatic rings. The summed E-state index contributed by atoms with van der Waals surface area (Å²) in [5, 5.41) is 16.2. The predicted molar refractivity (Wildman–Crippen MR) is 75.8 cm³/mol. The Morgan fingerprint density at radius 3 is 2.68 bits per heavy atom. The van der Waals surface area contributed by atoms with Crippen LogP contribution in [0.15, 0.2) is 29.0 Å². The van der Waals surface area contributed by atoms with Crippen LogP contribution in [0.5, 0.6) is 0 Å². The number of aliphatic carboxylic acids is 1. The largest absolute Gasteiger partial charge is 0.480 e. The summed E-state index contributed by atoms with van der Waals surface area (Å²) < 4.78 is 6.21. The van der Waals surface area contributed by atoms with Crippen molar-refractivity contribution < 1.29 is 19.1 Å². The van der Waals surface area contributed by atoms with Crippen molar-refractivity contribution >= 4 is 11.9 Å². The van der Waals surface area contributed by atoms with Gasteiger partial charge in [-0.1, -0.05) is 5.21 Å². The van der Waals surface area contributed by atoms with Crippen LogP contribution in [0.3, 0.4) is 0 Å². The maximum Gasteiger partial charge on any atom is 0.320 e. The number of hydrogen-bond acceptors (Lipinski definition) is 7. The van der Waals surface area contributed by atoms with Crippen LogP contribution in [-0.2, 0) is 4.79 Å². The average Bonchev–Trinajstić information content (AvgIpc) is 3.16. The number of carbonyl (C=O) groups excluding carboxylic acids is 1. The third-order valence-corrected chi connectivity index (χ3v) is 3.16. The quantitative estimate of drug-likeness (QED) is 0.651. The maximum absolute atomic E-state index is 12.1. The summed E-state index contributed by atoms with van der Waals surface area (Å²) in [5.41, 5.74) is 11.6. The highest BCUT2D eigenvalue weighted by Gasteiger charge is 2.19. The number of carboxylic acid groups (broad SMARTS) is 1. The van der Waals surface area contributed by atoms with Gasteiger partial charge in [-0.25, -0.2) is 0 Å². The van der Waals surface area contributed by atoms with E-state index in [0.717, 1.165) is 4.68 Å². The van der Waals surface area contributed by atoms with Gasteiger partial charge in [-0.2, -0.15) is 4.68 Å². The Bertz CT molecular complexity index is 637. The number of carboxylic acids is 1. The van der Waals surface area contributed by atoms with Gasteiger partial charge in [-0.15, -0.1) is 5.10 Å². The Kier molecular flexibility index (Phi) is 5.02. The Balaban J connectivity index is 1.89. The first-order valence-electron chi connectivity index (χ1n) is 6.73. The van der Waals surface area contributed by atoms with Gasteiger partial charge in [0.05, 0.1) is 18.5 Å². The zero-order chi connectivity index (χ0) is 16.1. The summed E-state index contributed by atoms with van der Waals surface area (Å²) in [6, 6.07) is 1.66. The lowest BCUT2D eigenvalue weighted by atomic mass is 10.1. The lowest BCUT2D eigenvalue weighted by Crippen LogP contribution is -2.36. The van der Waals surface area contributed by atoms with Gasteiger partial charge in [0.2, 0.25) is 0 Å². The number of furan rings is 1. The first-order valence-corrected chi connectivity index (χ1v) is 6.73. The Labute approximate surface area is 125 Å². The van der Waals surface area contributed by atoms with Gasteiger partial charge in [-0.3, -0.25) is 9.59 Å². The molecular weight excluding hydrogens is 290 g/mol. The lowest BCUT2D eigenvalue weighted by Gasteiger charge is -2.10. The van der Waals surface area contributed by atoms with Crippen LogP contribution in [0.2, 0.25) is 0 Å². The number of rotatable bonds is 7. The van der Waals surface area contributed by atoms with Crippen LogP contribution >= 0.6 is 0 Å². The molecule has 22 heavy (non-hydrogen) atoms. The molecule has 2 aromatic heterocycles. The Morgan fingerprint density at radius 2 is 2.05 bits per heavy atom. The van der Waals surface area contributed by atoms with Crippen LogP contribution in [0, 0.1) is 0 Å². The van der Waals surface area contributed by atoms with Crippen molar-refractivity contribution in [3.8, 4) is 11.5 Å².